The summed E-state index contributed by atoms with van der Waals surface area (Å²) in [4.78, 5) is 23.8. The summed E-state index contributed by atoms with van der Waals surface area (Å²) < 4.78 is 4.94. The molecule has 0 aliphatic heterocycles. The third-order valence-corrected chi connectivity index (χ3v) is 3.75. The second kappa shape index (κ2) is 9.35. The lowest BCUT2D eigenvalue weighted by molar-refractivity contribution is -0.121. The number of phenolic OH excluding ortho intramolecular Hbond substituents is 1. The molecule has 27 heavy (non-hydrogen) atoms. The number of hydrogen-bond donors (Lipinski definition) is 3. The lowest BCUT2D eigenvalue weighted by atomic mass is 10.1. The molecule has 3 N–H and O–H groups in total. The van der Waals surface area contributed by atoms with Crippen LogP contribution in [0.1, 0.15) is 23.1 Å². The van der Waals surface area contributed by atoms with Crippen LogP contribution in [0.2, 0.25) is 0 Å². The van der Waals surface area contributed by atoms with Crippen molar-refractivity contribution in [2.45, 2.75) is 13.0 Å². The van der Waals surface area contributed by atoms with E-state index >= 15 is 0 Å². The van der Waals surface area contributed by atoms with Gasteiger partial charge in [-0.25, -0.2) is 0 Å². The van der Waals surface area contributed by atoms with E-state index in [1.807, 2.05) is 0 Å². The molecule has 0 atom stereocenters. The largest absolute Gasteiger partial charge is 0.508 e. The number of carbonyl (C=O) groups is 2. The highest BCUT2D eigenvalue weighted by atomic mass is 16.5. The van der Waals surface area contributed by atoms with Crippen molar-refractivity contribution in [3.05, 3.63) is 65.2 Å². The number of phenols is 2. The molecule has 2 rings (SSSR count). The third-order valence-electron chi connectivity index (χ3n) is 3.75. The molecule has 0 heterocycles. The molecule has 6 nitrogen and oxygen atoms in total. The van der Waals surface area contributed by atoms with Crippen molar-refractivity contribution in [1.82, 2.24) is 0 Å². The first kappa shape index (κ1) is 19.9. The molecular formula is C21H20O6. The van der Waals surface area contributed by atoms with Crippen LogP contribution in [0.15, 0.2) is 48.6 Å². The van der Waals surface area contributed by atoms with Gasteiger partial charge in [0.2, 0.25) is 0 Å². The molecule has 0 amide bonds. The number of ketones is 2. The molecule has 0 bridgehead atoms. The molecule has 0 saturated heterocycles. The molecule has 0 spiro atoms. The van der Waals surface area contributed by atoms with E-state index in [0.717, 1.165) is 0 Å². The Morgan fingerprint density at radius 1 is 0.926 bits per heavy atom. The van der Waals surface area contributed by atoms with E-state index in [0.29, 0.717) is 22.4 Å². The predicted molar refractivity (Wildman–Crippen MR) is 101 cm³/mol. The third kappa shape index (κ3) is 5.83. The fourth-order valence-electron chi connectivity index (χ4n) is 2.30. The van der Waals surface area contributed by atoms with Gasteiger partial charge in [-0.3, -0.25) is 9.59 Å². The lowest BCUT2D eigenvalue weighted by Crippen LogP contribution is -2.01. The van der Waals surface area contributed by atoms with Gasteiger partial charge in [0.05, 0.1) is 20.1 Å². The average Bonchev–Trinajstić information content (AvgIpc) is 2.65. The molecule has 0 radical (unpaired) electrons. The number of ether oxygens (including phenoxy) is 1. The summed E-state index contributed by atoms with van der Waals surface area (Å²) >= 11 is 0. The molecule has 0 fully saturated rings. The van der Waals surface area contributed by atoms with E-state index in [1.165, 1.54) is 43.5 Å². The zero-order chi connectivity index (χ0) is 19.8. The minimum absolute atomic E-state index is 0.0402. The zero-order valence-electron chi connectivity index (χ0n) is 14.8. The fourth-order valence-corrected chi connectivity index (χ4v) is 2.30. The summed E-state index contributed by atoms with van der Waals surface area (Å²) in [6.07, 6.45) is 5.23. The Balaban J connectivity index is 1.94. The molecular weight excluding hydrogens is 348 g/mol. The normalized spacial score (nSPS) is 11.2. The first-order chi connectivity index (χ1) is 12.9. The van der Waals surface area contributed by atoms with Crippen molar-refractivity contribution >= 4 is 23.7 Å². The smallest absolute Gasteiger partial charge is 0.163 e. The number of aromatic hydroxyl groups is 2. The Morgan fingerprint density at radius 2 is 1.48 bits per heavy atom. The quantitative estimate of drug-likeness (QED) is 0.489. The summed E-state index contributed by atoms with van der Waals surface area (Å²) in [5.74, 6) is -0.529. The molecule has 0 unspecified atom stereocenters. The first-order valence-electron chi connectivity index (χ1n) is 8.14. The summed E-state index contributed by atoms with van der Waals surface area (Å²) in [5.41, 5.74) is 1.57. The monoisotopic (exact) mass is 368 g/mol. The SMILES string of the molecule is COc1ccc(/C=C/C(=O)CC(=O)/C=C/c2ccc(CO)c(O)c2)cc1O. The fraction of sp³-hybridized carbons (Fsp3) is 0.143. The highest BCUT2D eigenvalue weighted by Crippen LogP contribution is 2.26. The van der Waals surface area contributed by atoms with E-state index in [2.05, 4.69) is 0 Å². The van der Waals surface area contributed by atoms with Crippen LogP contribution in [0.3, 0.4) is 0 Å². The predicted octanol–water partition coefficient (Wildman–Crippen LogP) is 2.85. The Kier molecular flexibility index (Phi) is 6.91. The zero-order valence-corrected chi connectivity index (χ0v) is 14.8. The van der Waals surface area contributed by atoms with Crippen molar-refractivity contribution in [3.8, 4) is 17.2 Å². The van der Waals surface area contributed by atoms with E-state index in [1.54, 1.807) is 24.3 Å². The maximum absolute atomic E-state index is 11.9. The van der Waals surface area contributed by atoms with Gasteiger partial charge in [-0.05, 0) is 41.5 Å². The maximum Gasteiger partial charge on any atom is 0.163 e. The van der Waals surface area contributed by atoms with Gasteiger partial charge >= 0.3 is 0 Å². The Bertz CT molecular complexity index is 822. The summed E-state index contributed by atoms with van der Waals surface area (Å²) in [7, 11) is 1.44. The second-order valence-corrected chi connectivity index (χ2v) is 5.75. The van der Waals surface area contributed by atoms with Gasteiger partial charge in [0.25, 0.3) is 0 Å². The van der Waals surface area contributed by atoms with E-state index in [-0.39, 0.29) is 36.1 Å². The molecule has 0 aliphatic carbocycles. The van der Waals surface area contributed by atoms with Gasteiger partial charge in [0, 0.05) is 5.56 Å². The summed E-state index contributed by atoms with van der Waals surface area (Å²) in [6, 6.07) is 9.32. The van der Waals surface area contributed by atoms with Crippen LogP contribution in [0.4, 0.5) is 0 Å². The van der Waals surface area contributed by atoms with Gasteiger partial charge in [0.15, 0.2) is 23.1 Å². The van der Waals surface area contributed by atoms with E-state index in [9.17, 15) is 19.8 Å². The minimum atomic E-state index is -0.382. The molecule has 0 aliphatic rings. The maximum atomic E-state index is 11.9. The van der Waals surface area contributed by atoms with Gasteiger partial charge in [-0.2, -0.15) is 0 Å². The number of aliphatic hydroxyl groups excluding tert-OH is 1. The van der Waals surface area contributed by atoms with Crippen molar-refractivity contribution in [3.63, 3.8) is 0 Å². The average molecular weight is 368 g/mol. The van der Waals surface area contributed by atoms with Gasteiger partial charge < -0.3 is 20.1 Å². The summed E-state index contributed by atoms with van der Waals surface area (Å²) in [5, 5.41) is 28.4. The van der Waals surface area contributed by atoms with Crippen molar-refractivity contribution in [2.24, 2.45) is 0 Å². The van der Waals surface area contributed by atoms with Crippen LogP contribution in [0, 0.1) is 0 Å². The Hall–Kier alpha value is -3.38. The van der Waals surface area contributed by atoms with Crippen LogP contribution in [-0.4, -0.2) is 34.0 Å². The molecule has 2 aromatic rings. The topological polar surface area (TPSA) is 104 Å². The van der Waals surface area contributed by atoms with Gasteiger partial charge in [-0.15, -0.1) is 0 Å². The second-order valence-electron chi connectivity index (χ2n) is 5.75. The van der Waals surface area contributed by atoms with Crippen LogP contribution in [0.5, 0.6) is 17.2 Å². The van der Waals surface area contributed by atoms with Gasteiger partial charge in [0.1, 0.15) is 5.75 Å². The number of rotatable bonds is 8. The Morgan fingerprint density at radius 3 is 1.96 bits per heavy atom. The van der Waals surface area contributed by atoms with Gasteiger partial charge in [-0.1, -0.05) is 30.4 Å². The van der Waals surface area contributed by atoms with E-state index in [4.69, 9.17) is 9.84 Å². The number of allylic oxidation sites excluding steroid dienone is 2. The highest BCUT2D eigenvalue weighted by molar-refractivity contribution is 6.10. The minimum Gasteiger partial charge on any atom is -0.508 e. The molecule has 0 saturated carbocycles. The highest BCUT2D eigenvalue weighted by Gasteiger charge is 2.05. The number of methoxy groups -OCH3 is 1. The number of hydrogen-bond acceptors (Lipinski definition) is 6. The lowest BCUT2D eigenvalue weighted by Gasteiger charge is -2.03. The first-order valence-corrected chi connectivity index (χ1v) is 8.14. The number of aliphatic hydroxyl groups is 1. The summed E-state index contributed by atoms with van der Waals surface area (Å²) in [6.45, 7) is -0.276. The molecule has 140 valence electrons. The van der Waals surface area contributed by atoms with Crippen LogP contribution in [0.25, 0.3) is 12.2 Å². The van der Waals surface area contributed by atoms with E-state index < -0.39 is 0 Å². The molecule has 0 aromatic heterocycles. The van der Waals surface area contributed by atoms with Crippen LogP contribution >= 0.6 is 0 Å². The van der Waals surface area contributed by atoms with Crippen LogP contribution in [-0.2, 0) is 16.2 Å². The molecule has 6 heteroatoms. The van der Waals surface area contributed by atoms with Crippen LogP contribution < -0.4 is 4.74 Å². The van der Waals surface area contributed by atoms with Crippen molar-refractivity contribution < 1.29 is 29.6 Å². The number of carbonyl (C=O) groups excluding carboxylic acids is 2. The van der Waals surface area contributed by atoms with Crippen molar-refractivity contribution in [1.29, 1.82) is 0 Å². The molecule has 2 aromatic carbocycles. The standard InChI is InChI=1S/C21H20O6/c1-27-21-9-5-15(11-20(21)26)4-8-18(24)12-17(23)7-3-14-2-6-16(13-22)19(25)10-14/h2-11,22,25-26H,12-13H2,1H3/b7-3+,8-4+. The number of benzene rings is 2. The van der Waals surface area contributed by atoms with Crippen molar-refractivity contribution in [2.75, 3.05) is 7.11 Å². The Labute approximate surface area is 156 Å².